The maximum Gasteiger partial charge on any atom is 0.114 e. The summed E-state index contributed by atoms with van der Waals surface area (Å²) in [5.74, 6) is 4.79. The molecule has 1 aliphatic rings. The third kappa shape index (κ3) is 5.64. The van der Waals surface area contributed by atoms with Crippen molar-refractivity contribution in [2.24, 2.45) is 5.92 Å². The highest BCUT2D eigenvalue weighted by Gasteiger charge is 2.23. The minimum absolute atomic E-state index is 0.290. The molecule has 0 saturated heterocycles. The van der Waals surface area contributed by atoms with E-state index in [-0.39, 0.29) is 5.92 Å². The topological polar surface area (TPSA) is 0 Å². The highest BCUT2D eigenvalue weighted by atomic mass is 31.0. The lowest BCUT2D eigenvalue weighted by Crippen LogP contribution is -2.13. The first-order valence-electron chi connectivity index (χ1n) is 11.0. The van der Waals surface area contributed by atoms with Gasteiger partial charge in [0.05, 0.1) is 0 Å². The van der Waals surface area contributed by atoms with Gasteiger partial charge in [0.25, 0.3) is 0 Å². The highest BCUT2D eigenvalue weighted by Crippen LogP contribution is 2.37. The van der Waals surface area contributed by atoms with E-state index in [0.29, 0.717) is 11.8 Å². The fourth-order valence-electron chi connectivity index (χ4n) is 4.47. The van der Waals surface area contributed by atoms with Crippen LogP contribution in [0.3, 0.4) is 0 Å². The molecule has 2 unspecified atom stereocenters. The summed E-state index contributed by atoms with van der Waals surface area (Å²) in [4.78, 5) is 0. The molecule has 28 heavy (non-hydrogen) atoms. The number of allylic oxidation sites excluding steroid dienone is 4. The van der Waals surface area contributed by atoms with Crippen LogP contribution in [0.15, 0.2) is 41.0 Å². The molecule has 2 heteroatoms. The summed E-state index contributed by atoms with van der Waals surface area (Å²) < 4.78 is 0. The summed E-state index contributed by atoms with van der Waals surface area (Å²) in [6.07, 6.45) is 8.11. The van der Waals surface area contributed by atoms with E-state index < -0.39 is 0 Å². The van der Waals surface area contributed by atoms with Crippen LogP contribution in [0.25, 0.3) is 0 Å². The summed E-state index contributed by atoms with van der Waals surface area (Å²) >= 11 is 0. The van der Waals surface area contributed by atoms with E-state index in [4.69, 9.17) is 0 Å². The van der Waals surface area contributed by atoms with Gasteiger partial charge in [-0.25, -0.2) is 0 Å². The van der Waals surface area contributed by atoms with Crippen molar-refractivity contribution in [2.75, 3.05) is 0 Å². The van der Waals surface area contributed by atoms with Crippen molar-refractivity contribution in [1.29, 1.82) is 0 Å². The smallest absolute Gasteiger partial charge is 0.0913 e. The van der Waals surface area contributed by atoms with Crippen LogP contribution >= 0.6 is 9.24 Å². The van der Waals surface area contributed by atoms with Crippen LogP contribution in [0.1, 0.15) is 82.9 Å². The average molecular weight is 391 g/mol. The van der Waals surface area contributed by atoms with Crippen LogP contribution in [0.2, 0.25) is 12.6 Å². The van der Waals surface area contributed by atoms with Crippen molar-refractivity contribution in [2.45, 2.75) is 85.3 Å². The molecule has 0 aliphatic heterocycles. The average Bonchev–Trinajstić information content (AvgIpc) is 2.66. The second-order valence-electron chi connectivity index (χ2n) is 8.60. The number of rotatable bonds is 8. The molecule has 0 bridgehead atoms. The van der Waals surface area contributed by atoms with Gasteiger partial charge >= 0.3 is 0 Å². The van der Waals surface area contributed by atoms with Crippen molar-refractivity contribution >= 4 is 16.5 Å². The molecule has 0 heterocycles. The van der Waals surface area contributed by atoms with Crippen molar-refractivity contribution in [1.82, 2.24) is 0 Å². The first kappa shape index (κ1) is 23.0. The largest absolute Gasteiger partial charge is 0.114 e. The minimum Gasteiger partial charge on any atom is -0.0913 e. The molecular formula is C26H37BP. The summed E-state index contributed by atoms with van der Waals surface area (Å²) in [6.45, 7) is 13.8. The molecule has 149 valence electrons. The van der Waals surface area contributed by atoms with Crippen LogP contribution in [-0.4, -0.2) is 7.28 Å². The Labute approximate surface area is 177 Å². The van der Waals surface area contributed by atoms with Gasteiger partial charge in [-0.15, -0.1) is 0 Å². The Morgan fingerprint density at radius 1 is 1.07 bits per heavy atom. The lowest BCUT2D eigenvalue weighted by Gasteiger charge is -2.27. The zero-order chi connectivity index (χ0) is 20.7. The molecule has 0 fully saturated rings. The Balaban J connectivity index is 2.52. The van der Waals surface area contributed by atoms with Crippen molar-refractivity contribution in [3.63, 3.8) is 0 Å². The molecule has 1 radical (unpaired) electrons. The maximum absolute atomic E-state index is 3.41. The van der Waals surface area contributed by atoms with Gasteiger partial charge in [0, 0.05) is 5.92 Å². The Bertz CT molecular complexity index is 760. The molecule has 1 aliphatic carbocycles. The van der Waals surface area contributed by atoms with Gasteiger partial charge in [-0.1, -0.05) is 97.9 Å². The van der Waals surface area contributed by atoms with Gasteiger partial charge < -0.3 is 0 Å². The zero-order valence-electron chi connectivity index (χ0n) is 18.7. The number of hydrogen-bond donors (Lipinski definition) is 0. The summed E-state index contributed by atoms with van der Waals surface area (Å²) in [5.41, 5.74) is 12.3. The highest BCUT2D eigenvalue weighted by molar-refractivity contribution is 7.23. The molecule has 0 nitrogen and oxygen atoms in total. The van der Waals surface area contributed by atoms with Crippen molar-refractivity contribution in [3.05, 3.63) is 57.7 Å². The number of benzene rings is 1. The first-order chi connectivity index (χ1) is 13.4. The van der Waals surface area contributed by atoms with Gasteiger partial charge in [-0.05, 0) is 65.9 Å². The van der Waals surface area contributed by atoms with E-state index in [1.165, 1.54) is 28.7 Å². The molecule has 1 aromatic carbocycles. The van der Waals surface area contributed by atoms with E-state index in [1.807, 2.05) is 0 Å². The van der Waals surface area contributed by atoms with E-state index in [1.54, 1.807) is 11.1 Å². The van der Waals surface area contributed by atoms with Gasteiger partial charge in [0.15, 0.2) is 0 Å². The van der Waals surface area contributed by atoms with Crippen LogP contribution in [0, 0.1) is 17.5 Å². The molecule has 0 amide bonds. The Hall–Kier alpha value is -1.25. The quantitative estimate of drug-likeness (QED) is 0.244. The molecular weight excluding hydrogens is 354 g/mol. The van der Waals surface area contributed by atoms with Gasteiger partial charge in [-0.2, -0.15) is 0 Å². The second-order valence-corrected chi connectivity index (χ2v) is 8.89. The predicted octanol–water partition coefficient (Wildman–Crippen LogP) is 7.53. The van der Waals surface area contributed by atoms with Gasteiger partial charge in [0.1, 0.15) is 7.28 Å². The SMILES string of the molecule is CC[B]CC1=C(C(C)C#CP)C(Cc2c(C(C)C)cccc2C(C)C)=CCC1. The fraction of sp³-hybridized carbons (Fsp3) is 0.538. The van der Waals surface area contributed by atoms with E-state index in [9.17, 15) is 0 Å². The molecule has 1 aromatic rings. The van der Waals surface area contributed by atoms with Crippen molar-refractivity contribution < 1.29 is 0 Å². The maximum atomic E-state index is 3.41. The summed E-state index contributed by atoms with van der Waals surface area (Å²) in [7, 11) is 4.99. The first-order valence-corrected chi connectivity index (χ1v) is 11.5. The predicted molar refractivity (Wildman–Crippen MR) is 130 cm³/mol. The normalized spacial score (nSPS) is 15.4. The summed E-state index contributed by atoms with van der Waals surface area (Å²) in [5, 5.41) is 0. The molecule has 2 rings (SSSR count). The van der Waals surface area contributed by atoms with E-state index in [2.05, 4.69) is 93.9 Å². The van der Waals surface area contributed by atoms with Crippen LogP contribution in [0.4, 0.5) is 0 Å². The number of hydrogen-bond acceptors (Lipinski definition) is 0. The zero-order valence-corrected chi connectivity index (χ0v) is 19.9. The molecule has 0 spiro atoms. The monoisotopic (exact) mass is 391 g/mol. The summed E-state index contributed by atoms with van der Waals surface area (Å²) in [6, 6.07) is 6.90. The van der Waals surface area contributed by atoms with Crippen LogP contribution in [-0.2, 0) is 6.42 Å². The molecule has 0 N–H and O–H groups in total. The second kappa shape index (κ2) is 11.1. The van der Waals surface area contributed by atoms with Gasteiger partial charge in [-0.3, -0.25) is 0 Å². The Morgan fingerprint density at radius 3 is 2.25 bits per heavy atom. The molecule has 2 atom stereocenters. The van der Waals surface area contributed by atoms with Crippen LogP contribution in [0.5, 0.6) is 0 Å². The molecule has 0 saturated carbocycles. The third-order valence-corrected chi connectivity index (χ3v) is 6.00. The lowest BCUT2D eigenvalue weighted by molar-refractivity contribution is 0.776. The Morgan fingerprint density at radius 2 is 1.71 bits per heavy atom. The van der Waals surface area contributed by atoms with Crippen molar-refractivity contribution in [3.8, 4) is 11.6 Å². The molecule has 0 aromatic heterocycles. The Kier molecular flexibility index (Phi) is 9.11. The third-order valence-electron chi connectivity index (χ3n) is 5.84. The minimum atomic E-state index is 0.290. The lowest BCUT2D eigenvalue weighted by atomic mass is 9.65. The van der Waals surface area contributed by atoms with Crippen LogP contribution < -0.4 is 0 Å². The fourth-order valence-corrected chi connectivity index (χ4v) is 4.72. The van der Waals surface area contributed by atoms with Gasteiger partial charge in [0.2, 0.25) is 0 Å². The standard InChI is InChI=1S/C26H37BP/c1-7-27-17-22-11-8-10-21(26(22)20(6)14-15-28)16-25-23(18(2)3)12-9-13-24(25)19(4)5/h9-10,12-13,18-20H,7-8,11,16-17,28H2,1-6H3. The van der Waals surface area contributed by atoms with E-state index in [0.717, 1.165) is 25.5 Å². The van der Waals surface area contributed by atoms with E-state index >= 15 is 0 Å².